The van der Waals surface area contributed by atoms with Gasteiger partial charge in [-0.2, -0.15) is 13.2 Å². The van der Waals surface area contributed by atoms with Gasteiger partial charge >= 0.3 is 6.18 Å². The minimum absolute atomic E-state index is 0.0918. The molecule has 2 saturated heterocycles. The van der Waals surface area contributed by atoms with Gasteiger partial charge < -0.3 is 9.80 Å². The summed E-state index contributed by atoms with van der Waals surface area (Å²) in [5.74, 6) is -1.16. The molecule has 2 aliphatic heterocycles. The van der Waals surface area contributed by atoms with E-state index in [0.29, 0.717) is 19.4 Å². The summed E-state index contributed by atoms with van der Waals surface area (Å²) in [5.41, 5.74) is -2.11. The Morgan fingerprint density at radius 1 is 1.19 bits per heavy atom. The topological polar surface area (TPSA) is 40.6 Å². The Labute approximate surface area is 121 Å². The standard InChI is InChI=1S/C14H19F3N2O2/c1-8(2)10-12(21)18-7-3-4-9(18)11(20)19(10)13(5-6-13)14(15,16)17/h8-10H,3-7H2,1-2H3. The molecular weight excluding hydrogens is 285 g/mol. The van der Waals surface area contributed by atoms with Gasteiger partial charge in [-0.1, -0.05) is 13.8 Å². The second kappa shape index (κ2) is 4.36. The number of fused-ring (bicyclic) bond motifs is 1. The highest BCUT2D eigenvalue weighted by Gasteiger charge is 2.71. The van der Waals surface area contributed by atoms with Crippen molar-refractivity contribution in [2.75, 3.05) is 6.54 Å². The molecular formula is C14H19F3N2O2. The first-order chi connectivity index (χ1) is 9.71. The molecule has 0 aromatic rings. The first-order valence-corrected chi connectivity index (χ1v) is 7.41. The molecule has 3 rings (SSSR count). The van der Waals surface area contributed by atoms with Gasteiger partial charge in [-0.15, -0.1) is 0 Å². The van der Waals surface area contributed by atoms with E-state index >= 15 is 0 Å². The van der Waals surface area contributed by atoms with Crippen LogP contribution in [0, 0.1) is 5.92 Å². The van der Waals surface area contributed by atoms with Gasteiger partial charge in [0.2, 0.25) is 11.8 Å². The van der Waals surface area contributed by atoms with Gasteiger partial charge in [-0.05, 0) is 31.6 Å². The van der Waals surface area contributed by atoms with Crippen molar-refractivity contribution >= 4 is 11.8 Å². The van der Waals surface area contributed by atoms with Crippen molar-refractivity contribution in [1.29, 1.82) is 0 Å². The van der Waals surface area contributed by atoms with Crippen molar-refractivity contribution in [3.63, 3.8) is 0 Å². The number of carbonyl (C=O) groups excluding carboxylic acids is 2. The maximum atomic E-state index is 13.4. The molecule has 0 aromatic carbocycles. The molecule has 21 heavy (non-hydrogen) atoms. The third-order valence-electron chi connectivity index (χ3n) is 4.93. The molecule has 0 radical (unpaired) electrons. The van der Waals surface area contributed by atoms with Crippen LogP contribution in [0.25, 0.3) is 0 Å². The second-order valence-electron chi connectivity index (χ2n) is 6.62. The van der Waals surface area contributed by atoms with Gasteiger partial charge in [0.15, 0.2) is 0 Å². The number of carbonyl (C=O) groups is 2. The van der Waals surface area contributed by atoms with Crippen molar-refractivity contribution in [3.05, 3.63) is 0 Å². The van der Waals surface area contributed by atoms with E-state index in [4.69, 9.17) is 0 Å². The van der Waals surface area contributed by atoms with Gasteiger partial charge in [0, 0.05) is 6.54 Å². The molecule has 1 saturated carbocycles. The van der Waals surface area contributed by atoms with Crippen LogP contribution in [0.3, 0.4) is 0 Å². The van der Waals surface area contributed by atoms with Crippen LogP contribution in [0.2, 0.25) is 0 Å². The zero-order valence-electron chi connectivity index (χ0n) is 12.1. The summed E-state index contributed by atoms with van der Waals surface area (Å²) in [7, 11) is 0. The van der Waals surface area contributed by atoms with E-state index in [0.717, 1.165) is 4.90 Å². The number of hydrogen-bond donors (Lipinski definition) is 0. The largest absolute Gasteiger partial charge is 0.411 e. The van der Waals surface area contributed by atoms with Crippen LogP contribution in [-0.2, 0) is 9.59 Å². The zero-order valence-corrected chi connectivity index (χ0v) is 12.1. The Morgan fingerprint density at radius 2 is 1.81 bits per heavy atom. The maximum Gasteiger partial charge on any atom is 0.411 e. The number of alkyl halides is 3. The molecule has 0 bridgehead atoms. The quantitative estimate of drug-likeness (QED) is 0.782. The SMILES string of the molecule is CC(C)C1C(=O)N2CCCC2C(=O)N1C1(C(F)(F)F)CC1. The fourth-order valence-electron chi connectivity index (χ4n) is 3.71. The predicted octanol–water partition coefficient (Wildman–Crippen LogP) is 1.94. The molecule has 0 spiro atoms. The molecule has 3 fully saturated rings. The molecule has 0 aromatic heterocycles. The summed E-state index contributed by atoms with van der Waals surface area (Å²) >= 11 is 0. The number of nitrogens with zero attached hydrogens (tertiary/aromatic N) is 2. The monoisotopic (exact) mass is 304 g/mol. The summed E-state index contributed by atoms with van der Waals surface area (Å²) in [6, 6.07) is -1.68. The normalized spacial score (nSPS) is 31.9. The average molecular weight is 304 g/mol. The van der Waals surface area contributed by atoms with Gasteiger partial charge in [0.1, 0.15) is 17.6 Å². The Balaban J connectivity index is 2.04. The van der Waals surface area contributed by atoms with Crippen molar-refractivity contribution in [2.24, 2.45) is 5.92 Å². The van der Waals surface area contributed by atoms with Gasteiger partial charge in [0.25, 0.3) is 0 Å². The lowest BCUT2D eigenvalue weighted by molar-refractivity contribution is -0.215. The van der Waals surface area contributed by atoms with Gasteiger partial charge in [-0.25, -0.2) is 0 Å². The van der Waals surface area contributed by atoms with Gasteiger partial charge in [0.05, 0.1) is 0 Å². The van der Waals surface area contributed by atoms with Crippen LogP contribution in [-0.4, -0.2) is 52.0 Å². The summed E-state index contributed by atoms with van der Waals surface area (Å²) in [6.07, 6.45) is -3.51. The summed E-state index contributed by atoms with van der Waals surface area (Å²) in [5, 5.41) is 0. The van der Waals surface area contributed by atoms with Crippen molar-refractivity contribution in [2.45, 2.75) is 63.3 Å². The van der Waals surface area contributed by atoms with E-state index < -0.39 is 29.7 Å². The molecule has 2 unspecified atom stereocenters. The molecule has 1 aliphatic carbocycles. The molecule has 2 amide bonds. The molecule has 7 heteroatoms. The molecule has 0 N–H and O–H groups in total. The van der Waals surface area contributed by atoms with Crippen LogP contribution < -0.4 is 0 Å². The molecule has 2 atom stereocenters. The Bertz CT molecular complexity index is 485. The highest BCUT2D eigenvalue weighted by atomic mass is 19.4. The lowest BCUT2D eigenvalue weighted by atomic mass is 9.93. The number of hydrogen-bond acceptors (Lipinski definition) is 2. The number of piperazine rings is 1. The van der Waals surface area contributed by atoms with E-state index in [-0.39, 0.29) is 24.7 Å². The smallest absolute Gasteiger partial charge is 0.329 e. The lowest BCUT2D eigenvalue weighted by Crippen LogP contribution is -2.69. The minimum Gasteiger partial charge on any atom is -0.329 e. The second-order valence-corrected chi connectivity index (χ2v) is 6.62. The third kappa shape index (κ3) is 1.89. The zero-order chi connectivity index (χ0) is 15.6. The van der Waals surface area contributed by atoms with Crippen LogP contribution in [0.1, 0.15) is 39.5 Å². The Hall–Kier alpha value is -1.27. The Kier molecular flexibility index (Phi) is 3.05. The van der Waals surface area contributed by atoms with E-state index in [1.54, 1.807) is 13.8 Å². The van der Waals surface area contributed by atoms with E-state index in [1.807, 2.05) is 0 Å². The average Bonchev–Trinajstić information content (AvgIpc) is 3.02. The fourth-order valence-corrected chi connectivity index (χ4v) is 3.71. The van der Waals surface area contributed by atoms with E-state index in [9.17, 15) is 22.8 Å². The van der Waals surface area contributed by atoms with Crippen LogP contribution in [0.4, 0.5) is 13.2 Å². The lowest BCUT2D eigenvalue weighted by Gasteiger charge is -2.48. The first kappa shape index (κ1) is 14.7. The summed E-state index contributed by atoms with van der Waals surface area (Å²) < 4.78 is 40.3. The van der Waals surface area contributed by atoms with Crippen molar-refractivity contribution < 1.29 is 22.8 Å². The van der Waals surface area contributed by atoms with Crippen LogP contribution in [0.15, 0.2) is 0 Å². The minimum atomic E-state index is -4.48. The van der Waals surface area contributed by atoms with Crippen LogP contribution in [0.5, 0.6) is 0 Å². The maximum absolute atomic E-state index is 13.4. The summed E-state index contributed by atoms with van der Waals surface area (Å²) in [6.45, 7) is 3.88. The third-order valence-corrected chi connectivity index (χ3v) is 4.93. The van der Waals surface area contributed by atoms with Crippen molar-refractivity contribution in [1.82, 2.24) is 9.80 Å². The van der Waals surface area contributed by atoms with E-state index in [1.165, 1.54) is 4.90 Å². The molecule has 3 aliphatic rings. The number of halogens is 3. The predicted molar refractivity (Wildman–Crippen MR) is 68.2 cm³/mol. The van der Waals surface area contributed by atoms with Gasteiger partial charge in [-0.3, -0.25) is 9.59 Å². The molecule has 2 heterocycles. The Morgan fingerprint density at radius 3 is 2.29 bits per heavy atom. The summed E-state index contributed by atoms with van der Waals surface area (Å²) in [4.78, 5) is 27.6. The highest BCUT2D eigenvalue weighted by molar-refractivity contribution is 5.98. The first-order valence-electron chi connectivity index (χ1n) is 7.41. The highest BCUT2D eigenvalue weighted by Crippen LogP contribution is 2.56. The van der Waals surface area contributed by atoms with E-state index in [2.05, 4.69) is 0 Å². The van der Waals surface area contributed by atoms with Crippen LogP contribution >= 0.6 is 0 Å². The molecule has 118 valence electrons. The number of rotatable bonds is 2. The van der Waals surface area contributed by atoms with Crippen molar-refractivity contribution in [3.8, 4) is 0 Å². The number of amides is 2. The molecule has 4 nitrogen and oxygen atoms in total. The fraction of sp³-hybridized carbons (Fsp3) is 0.857.